The van der Waals surface area contributed by atoms with E-state index in [2.05, 4.69) is 15.5 Å². The van der Waals surface area contributed by atoms with Gasteiger partial charge in [-0.2, -0.15) is 5.10 Å². The highest BCUT2D eigenvalue weighted by Crippen LogP contribution is 2.28. The zero-order valence-corrected chi connectivity index (χ0v) is 16.0. The van der Waals surface area contributed by atoms with Crippen molar-refractivity contribution in [2.75, 3.05) is 13.2 Å². The molecule has 0 fully saturated rings. The Bertz CT molecular complexity index is 833. The summed E-state index contributed by atoms with van der Waals surface area (Å²) in [5.74, 6) is 0.609. The van der Waals surface area contributed by atoms with Crippen LogP contribution in [0.4, 0.5) is 0 Å². The van der Waals surface area contributed by atoms with Gasteiger partial charge in [0.2, 0.25) is 5.96 Å². The fraction of sp³-hybridized carbons (Fsp3) is 0.250. The maximum Gasteiger partial charge on any atom is 0.258 e. The zero-order chi connectivity index (χ0) is 20.4. The summed E-state index contributed by atoms with van der Waals surface area (Å²) in [7, 11) is 0. The van der Waals surface area contributed by atoms with E-state index in [0.717, 1.165) is 11.1 Å². The zero-order valence-electron chi connectivity index (χ0n) is 16.0. The van der Waals surface area contributed by atoms with Crippen molar-refractivity contribution in [1.82, 2.24) is 5.32 Å². The second-order valence-electron chi connectivity index (χ2n) is 5.90. The van der Waals surface area contributed by atoms with Crippen LogP contribution in [0.1, 0.15) is 31.0 Å². The number of hydrogen-bond donors (Lipinski definition) is 3. The largest absolute Gasteiger partial charge is 0.490 e. The van der Waals surface area contributed by atoms with Crippen molar-refractivity contribution >= 4 is 18.1 Å². The second kappa shape index (κ2) is 10.6. The lowest BCUT2D eigenvalue weighted by Gasteiger charge is -2.16. The van der Waals surface area contributed by atoms with Gasteiger partial charge in [-0.15, -0.1) is 5.10 Å². The number of rotatable bonds is 9. The van der Waals surface area contributed by atoms with E-state index < -0.39 is 0 Å². The number of carbonyl (C=O) groups excluding carboxylic acids is 1. The van der Waals surface area contributed by atoms with Crippen LogP contribution in [0.3, 0.4) is 0 Å². The number of carbonyl (C=O) groups is 1. The number of amides is 1. The van der Waals surface area contributed by atoms with Crippen LogP contribution >= 0.6 is 0 Å². The fourth-order valence-corrected chi connectivity index (χ4v) is 2.41. The van der Waals surface area contributed by atoms with Crippen molar-refractivity contribution in [3.8, 4) is 11.5 Å². The van der Waals surface area contributed by atoms with Crippen LogP contribution < -0.4 is 26.3 Å². The van der Waals surface area contributed by atoms with E-state index in [0.29, 0.717) is 18.1 Å². The highest BCUT2D eigenvalue weighted by molar-refractivity contribution is 5.82. The Labute approximate surface area is 164 Å². The summed E-state index contributed by atoms with van der Waals surface area (Å²) in [5, 5.41) is 10.2. The second-order valence-corrected chi connectivity index (χ2v) is 5.90. The lowest BCUT2D eigenvalue weighted by Crippen LogP contribution is -2.31. The van der Waals surface area contributed by atoms with Gasteiger partial charge in [0.05, 0.1) is 18.9 Å². The quantitative estimate of drug-likeness (QED) is 0.347. The van der Waals surface area contributed by atoms with Gasteiger partial charge in [0.25, 0.3) is 5.91 Å². The molecule has 0 aromatic heterocycles. The van der Waals surface area contributed by atoms with E-state index in [9.17, 15) is 4.79 Å². The number of nitrogens with zero attached hydrogens (tertiary/aromatic N) is 2. The molecule has 0 heterocycles. The third kappa shape index (κ3) is 6.64. The first-order valence-corrected chi connectivity index (χ1v) is 8.85. The van der Waals surface area contributed by atoms with Crippen LogP contribution in [-0.4, -0.2) is 31.3 Å². The average molecular weight is 383 g/mol. The molecule has 148 valence electrons. The predicted molar refractivity (Wildman–Crippen MR) is 110 cm³/mol. The Morgan fingerprint density at radius 3 is 2.57 bits per heavy atom. The van der Waals surface area contributed by atoms with Gasteiger partial charge in [-0.05, 0) is 43.2 Å². The lowest BCUT2D eigenvalue weighted by atomic mass is 10.1. The Morgan fingerprint density at radius 1 is 1.14 bits per heavy atom. The Kier molecular flexibility index (Phi) is 7.83. The summed E-state index contributed by atoms with van der Waals surface area (Å²) < 4.78 is 11.2. The summed E-state index contributed by atoms with van der Waals surface area (Å²) in [4.78, 5) is 12.2. The Balaban J connectivity index is 1.99. The molecule has 0 aliphatic carbocycles. The van der Waals surface area contributed by atoms with Crippen molar-refractivity contribution in [2.45, 2.75) is 19.9 Å². The molecule has 0 aliphatic rings. The van der Waals surface area contributed by atoms with E-state index in [4.69, 9.17) is 20.9 Å². The number of nitrogens with two attached hydrogens (primary N) is 2. The highest BCUT2D eigenvalue weighted by atomic mass is 16.5. The van der Waals surface area contributed by atoms with Crippen molar-refractivity contribution in [3.63, 3.8) is 0 Å². The van der Waals surface area contributed by atoms with Crippen LogP contribution in [-0.2, 0) is 4.79 Å². The van der Waals surface area contributed by atoms with Gasteiger partial charge in [-0.1, -0.05) is 30.3 Å². The van der Waals surface area contributed by atoms with Gasteiger partial charge in [0, 0.05) is 0 Å². The first-order chi connectivity index (χ1) is 13.5. The molecule has 2 aromatic carbocycles. The Hall–Kier alpha value is -3.55. The van der Waals surface area contributed by atoms with E-state index >= 15 is 0 Å². The number of guanidine groups is 1. The Morgan fingerprint density at radius 2 is 1.89 bits per heavy atom. The summed E-state index contributed by atoms with van der Waals surface area (Å²) in [5.41, 5.74) is 12.2. The number of benzene rings is 2. The minimum absolute atomic E-state index is 0.113. The molecular weight excluding hydrogens is 358 g/mol. The van der Waals surface area contributed by atoms with E-state index in [1.807, 2.05) is 44.2 Å². The number of ether oxygens (including phenoxy) is 2. The van der Waals surface area contributed by atoms with Crippen LogP contribution in [0.15, 0.2) is 58.7 Å². The predicted octanol–water partition coefficient (Wildman–Crippen LogP) is 1.95. The standard InChI is InChI=1S/C20H25N5O3/c1-3-27-18-11-15(12-23-25-20(21)22)9-10-17(18)28-13-19(26)24-14(2)16-7-5-4-6-8-16/h4-12,14H,3,13H2,1-2H3,(H,24,26)(H4,21,22,25). The highest BCUT2D eigenvalue weighted by Gasteiger charge is 2.12. The smallest absolute Gasteiger partial charge is 0.258 e. The first-order valence-electron chi connectivity index (χ1n) is 8.85. The van der Waals surface area contributed by atoms with Crippen LogP contribution in [0.5, 0.6) is 11.5 Å². The molecule has 0 radical (unpaired) electrons. The molecule has 5 N–H and O–H groups in total. The van der Waals surface area contributed by atoms with Crippen LogP contribution in [0, 0.1) is 0 Å². The maximum absolute atomic E-state index is 12.2. The molecule has 8 heteroatoms. The molecule has 0 saturated heterocycles. The molecular formula is C20H25N5O3. The molecule has 1 unspecified atom stereocenters. The third-order valence-electron chi connectivity index (χ3n) is 3.68. The monoisotopic (exact) mass is 383 g/mol. The lowest BCUT2D eigenvalue weighted by molar-refractivity contribution is -0.123. The number of hydrogen-bond acceptors (Lipinski definition) is 5. The van der Waals surface area contributed by atoms with Gasteiger partial charge < -0.3 is 26.3 Å². The molecule has 1 atom stereocenters. The average Bonchev–Trinajstić information content (AvgIpc) is 2.68. The van der Waals surface area contributed by atoms with E-state index in [1.165, 1.54) is 6.21 Å². The minimum atomic E-state index is -0.225. The summed E-state index contributed by atoms with van der Waals surface area (Å²) in [6.07, 6.45) is 1.49. The number of nitrogens with one attached hydrogen (secondary N) is 1. The van der Waals surface area contributed by atoms with Crippen molar-refractivity contribution in [3.05, 3.63) is 59.7 Å². The fourth-order valence-electron chi connectivity index (χ4n) is 2.41. The summed E-state index contributed by atoms with van der Waals surface area (Å²) >= 11 is 0. The van der Waals surface area contributed by atoms with E-state index in [1.54, 1.807) is 18.2 Å². The molecule has 2 rings (SSSR count). The van der Waals surface area contributed by atoms with E-state index in [-0.39, 0.29) is 24.5 Å². The van der Waals surface area contributed by atoms with Crippen molar-refractivity contribution < 1.29 is 14.3 Å². The minimum Gasteiger partial charge on any atom is -0.490 e. The van der Waals surface area contributed by atoms with Gasteiger partial charge in [-0.3, -0.25) is 4.79 Å². The van der Waals surface area contributed by atoms with Gasteiger partial charge in [0.1, 0.15) is 0 Å². The molecule has 2 aromatic rings. The maximum atomic E-state index is 12.2. The van der Waals surface area contributed by atoms with Crippen LogP contribution in [0.2, 0.25) is 0 Å². The summed E-state index contributed by atoms with van der Waals surface area (Å²) in [6.45, 7) is 4.10. The first kappa shape index (κ1) is 20.8. The van der Waals surface area contributed by atoms with Gasteiger partial charge >= 0.3 is 0 Å². The molecule has 8 nitrogen and oxygen atoms in total. The van der Waals surface area contributed by atoms with Gasteiger partial charge in [0.15, 0.2) is 18.1 Å². The third-order valence-corrected chi connectivity index (χ3v) is 3.68. The molecule has 28 heavy (non-hydrogen) atoms. The molecule has 0 spiro atoms. The topological polar surface area (TPSA) is 124 Å². The molecule has 1 amide bonds. The molecule has 0 saturated carbocycles. The molecule has 0 bridgehead atoms. The van der Waals surface area contributed by atoms with Crippen molar-refractivity contribution in [2.24, 2.45) is 21.7 Å². The summed E-state index contributed by atoms with van der Waals surface area (Å²) in [6, 6.07) is 14.8. The van der Waals surface area contributed by atoms with Crippen LogP contribution in [0.25, 0.3) is 0 Å². The SMILES string of the molecule is CCOc1cc(C=NN=C(N)N)ccc1OCC(=O)NC(C)c1ccccc1. The molecule has 0 aliphatic heterocycles. The normalized spacial score (nSPS) is 11.6. The van der Waals surface area contributed by atoms with Gasteiger partial charge in [-0.25, -0.2) is 0 Å². The van der Waals surface area contributed by atoms with Crippen molar-refractivity contribution in [1.29, 1.82) is 0 Å².